The van der Waals surface area contributed by atoms with Crippen molar-refractivity contribution in [3.63, 3.8) is 0 Å². The average molecular weight is 379 g/mol. The molecule has 148 valence electrons. The molecule has 0 bridgehead atoms. The Labute approximate surface area is 167 Å². The molecule has 2 aliphatic rings. The topological polar surface area (TPSA) is 49.3 Å². The molecule has 1 amide bonds. The van der Waals surface area contributed by atoms with Gasteiger partial charge in [-0.05, 0) is 63.0 Å². The number of piperidine rings is 2. The molecule has 28 heavy (non-hydrogen) atoms. The van der Waals surface area contributed by atoms with Gasteiger partial charge in [-0.25, -0.2) is 9.97 Å². The van der Waals surface area contributed by atoms with Gasteiger partial charge in [-0.15, -0.1) is 0 Å². The summed E-state index contributed by atoms with van der Waals surface area (Å²) < 4.78 is 0. The molecule has 3 heterocycles. The maximum Gasteiger partial charge on any atom is 0.272 e. The number of hydrogen-bond donors (Lipinski definition) is 0. The van der Waals surface area contributed by atoms with Crippen molar-refractivity contribution in [1.29, 1.82) is 0 Å². The lowest BCUT2D eigenvalue weighted by Crippen LogP contribution is -2.39. The number of hydrogen-bond acceptors (Lipinski definition) is 4. The van der Waals surface area contributed by atoms with E-state index in [0.29, 0.717) is 11.6 Å². The molecule has 2 fully saturated rings. The van der Waals surface area contributed by atoms with E-state index in [2.05, 4.69) is 45.2 Å². The van der Waals surface area contributed by atoms with Crippen LogP contribution >= 0.6 is 0 Å². The summed E-state index contributed by atoms with van der Waals surface area (Å²) in [4.78, 5) is 26.5. The molecule has 2 aromatic rings. The van der Waals surface area contributed by atoms with Crippen LogP contribution in [0.2, 0.25) is 0 Å². The number of carbonyl (C=O) groups excluding carboxylic acids is 1. The van der Waals surface area contributed by atoms with Crippen LogP contribution in [0.4, 0.5) is 5.95 Å². The number of aryl methyl sites for hydroxylation is 1. The standard InChI is InChI=1S/C23H30N4O/c1-18-16-21(25-23(24-18)27-12-6-3-7-13-27)22(28)26-14-10-20(11-15-26)17-19-8-4-2-5-9-19/h2,4-5,8-9,16,20H,3,6-7,10-15,17H2,1H3. The van der Waals surface area contributed by atoms with Gasteiger partial charge in [0, 0.05) is 31.9 Å². The molecule has 1 aromatic heterocycles. The van der Waals surface area contributed by atoms with E-state index in [1.54, 1.807) is 0 Å². The lowest BCUT2D eigenvalue weighted by atomic mass is 9.90. The first kappa shape index (κ1) is 18.9. The second kappa shape index (κ2) is 8.72. The third-order valence-electron chi connectivity index (χ3n) is 5.97. The Morgan fingerprint density at radius 1 is 1.00 bits per heavy atom. The Morgan fingerprint density at radius 3 is 2.43 bits per heavy atom. The van der Waals surface area contributed by atoms with Gasteiger partial charge in [-0.3, -0.25) is 4.79 Å². The van der Waals surface area contributed by atoms with Crippen molar-refractivity contribution in [2.45, 2.75) is 45.4 Å². The number of likely N-dealkylation sites (tertiary alicyclic amines) is 1. The van der Waals surface area contributed by atoms with Crippen LogP contribution < -0.4 is 4.90 Å². The molecule has 0 unspecified atom stereocenters. The third-order valence-corrected chi connectivity index (χ3v) is 5.97. The summed E-state index contributed by atoms with van der Waals surface area (Å²) in [5.74, 6) is 1.44. The number of aromatic nitrogens is 2. The van der Waals surface area contributed by atoms with Crippen LogP contribution in [0, 0.1) is 12.8 Å². The van der Waals surface area contributed by atoms with Crippen molar-refractivity contribution in [2.24, 2.45) is 5.92 Å². The SMILES string of the molecule is Cc1cc(C(=O)N2CCC(Cc3ccccc3)CC2)nc(N2CCCCC2)n1. The highest BCUT2D eigenvalue weighted by Crippen LogP contribution is 2.23. The summed E-state index contributed by atoms with van der Waals surface area (Å²) in [6.45, 7) is 5.57. The maximum absolute atomic E-state index is 13.1. The Bertz CT molecular complexity index is 794. The minimum atomic E-state index is 0.0573. The van der Waals surface area contributed by atoms with E-state index in [4.69, 9.17) is 0 Å². The Kier molecular flexibility index (Phi) is 5.89. The van der Waals surface area contributed by atoms with Crippen LogP contribution in [0.15, 0.2) is 36.4 Å². The zero-order valence-electron chi connectivity index (χ0n) is 16.8. The molecular weight excluding hydrogens is 348 g/mol. The number of benzene rings is 1. The van der Waals surface area contributed by atoms with Crippen molar-refractivity contribution in [2.75, 3.05) is 31.1 Å². The molecule has 0 aliphatic carbocycles. The highest BCUT2D eigenvalue weighted by molar-refractivity contribution is 5.92. The smallest absolute Gasteiger partial charge is 0.272 e. The molecule has 1 aromatic carbocycles. The van der Waals surface area contributed by atoms with E-state index in [1.165, 1.54) is 24.8 Å². The largest absolute Gasteiger partial charge is 0.341 e. The lowest BCUT2D eigenvalue weighted by Gasteiger charge is -2.32. The monoisotopic (exact) mass is 378 g/mol. The van der Waals surface area contributed by atoms with Gasteiger partial charge in [0.1, 0.15) is 5.69 Å². The first-order valence-electron chi connectivity index (χ1n) is 10.6. The van der Waals surface area contributed by atoms with E-state index in [0.717, 1.165) is 57.1 Å². The van der Waals surface area contributed by atoms with Gasteiger partial charge in [0.05, 0.1) is 0 Å². The molecule has 2 saturated heterocycles. The zero-order chi connectivity index (χ0) is 19.3. The van der Waals surface area contributed by atoms with Gasteiger partial charge < -0.3 is 9.80 Å². The van der Waals surface area contributed by atoms with Crippen LogP contribution in [0.5, 0.6) is 0 Å². The van der Waals surface area contributed by atoms with Crippen LogP contribution in [0.25, 0.3) is 0 Å². The van der Waals surface area contributed by atoms with Gasteiger partial charge in [0.15, 0.2) is 0 Å². The fraction of sp³-hybridized carbons (Fsp3) is 0.522. The minimum Gasteiger partial charge on any atom is -0.341 e. The number of anilines is 1. The van der Waals surface area contributed by atoms with E-state index in [-0.39, 0.29) is 5.91 Å². The van der Waals surface area contributed by atoms with Crippen LogP contribution in [0.1, 0.15) is 53.8 Å². The summed E-state index contributed by atoms with van der Waals surface area (Å²) in [5.41, 5.74) is 2.82. The van der Waals surface area contributed by atoms with Gasteiger partial charge in [-0.2, -0.15) is 0 Å². The summed E-state index contributed by atoms with van der Waals surface area (Å²) >= 11 is 0. The van der Waals surface area contributed by atoms with Gasteiger partial charge >= 0.3 is 0 Å². The van der Waals surface area contributed by atoms with Crippen molar-refractivity contribution in [1.82, 2.24) is 14.9 Å². The second-order valence-electron chi connectivity index (χ2n) is 8.17. The van der Waals surface area contributed by atoms with Crippen LogP contribution in [-0.2, 0) is 6.42 Å². The summed E-state index contributed by atoms with van der Waals surface area (Å²) in [5, 5.41) is 0. The highest BCUT2D eigenvalue weighted by atomic mass is 16.2. The third kappa shape index (κ3) is 4.51. The average Bonchev–Trinajstić information content (AvgIpc) is 2.75. The van der Waals surface area contributed by atoms with E-state index in [9.17, 15) is 4.79 Å². The number of amides is 1. The van der Waals surface area contributed by atoms with Gasteiger partial charge in [0.2, 0.25) is 5.95 Å². The number of nitrogens with zero attached hydrogens (tertiary/aromatic N) is 4. The molecular formula is C23H30N4O. The quantitative estimate of drug-likeness (QED) is 0.810. The predicted molar refractivity (Wildman–Crippen MR) is 112 cm³/mol. The molecule has 4 rings (SSSR count). The summed E-state index contributed by atoms with van der Waals surface area (Å²) in [6.07, 6.45) is 6.85. The molecule has 0 spiro atoms. The van der Waals surface area contributed by atoms with Crippen LogP contribution in [-0.4, -0.2) is 47.0 Å². The fourth-order valence-corrected chi connectivity index (χ4v) is 4.35. The van der Waals surface area contributed by atoms with Gasteiger partial charge in [0.25, 0.3) is 5.91 Å². The van der Waals surface area contributed by atoms with E-state index < -0.39 is 0 Å². The first-order valence-corrected chi connectivity index (χ1v) is 10.6. The Morgan fingerprint density at radius 2 is 1.71 bits per heavy atom. The molecule has 2 aliphatic heterocycles. The fourth-order valence-electron chi connectivity index (χ4n) is 4.35. The molecule has 5 nitrogen and oxygen atoms in total. The van der Waals surface area contributed by atoms with Crippen molar-refractivity contribution >= 4 is 11.9 Å². The zero-order valence-corrected chi connectivity index (χ0v) is 16.8. The van der Waals surface area contributed by atoms with Crippen molar-refractivity contribution in [3.05, 3.63) is 53.3 Å². The van der Waals surface area contributed by atoms with Gasteiger partial charge in [-0.1, -0.05) is 30.3 Å². The highest BCUT2D eigenvalue weighted by Gasteiger charge is 2.26. The molecule has 0 radical (unpaired) electrons. The van der Waals surface area contributed by atoms with Crippen molar-refractivity contribution in [3.8, 4) is 0 Å². The Balaban J connectivity index is 1.39. The lowest BCUT2D eigenvalue weighted by molar-refractivity contribution is 0.0684. The maximum atomic E-state index is 13.1. The molecule has 0 N–H and O–H groups in total. The first-order chi connectivity index (χ1) is 13.7. The Hall–Kier alpha value is -2.43. The number of rotatable bonds is 4. The summed E-state index contributed by atoms with van der Waals surface area (Å²) in [7, 11) is 0. The molecule has 0 saturated carbocycles. The van der Waals surface area contributed by atoms with E-state index in [1.807, 2.05) is 17.9 Å². The molecule has 0 atom stereocenters. The number of carbonyl (C=O) groups is 1. The minimum absolute atomic E-state index is 0.0573. The predicted octanol–water partition coefficient (Wildman–Crippen LogP) is 3.87. The van der Waals surface area contributed by atoms with Crippen LogP contribution in [0.3, 0.4) is 0 Å². The van der Waals surface area contributed by atoms with E-state index >= 15 is 0 Å². The summed E-state index contributed by atoms with van der Waals surface area (Å²) in [6, 6.07) is 12.5. The van der Waals surface area contributed by atoms with Crippen molar-refractivity contribution < 1.29 is 4.79 Å². The normalized spacial score (nSPS) is 18.3. The second-order valence-corrected chi connectivity index (χ2v) is 8.17. The molecule has 5 heteroatoms.